The van der Waals surface area contributed by atoms with E-state index in [0.717, 1.165) is 9.86 Å². The molecule has 0 aliphatic rings. The van der Waals surface area contributed by atoms with Crippen molar-refractivity contribution in [3.8, 4) is 0 Å². The molecule has 0 aliphatic heterocycles. The molecule has 4 heteroatoms. The highest BCUT2D eigenvalue weighted by Crippen LogP contribution is 2.27. The largest absolute Gasteiger partial charge is 0.297 e. The molecule has 0 radical (unpaired) electrons. The third kappa shape index (κ3) is 1.65. The summed E-state index contributed by atoms with van der Waals surface area (Å²) in [5, 5.41) is 0. The number of carbonyl (C=O) groups is 1. The van der Waals surface area contributed by atoms with Gasteiger partial charge in [0.15, 0.2) is 6.29 Å². The zero-order valence-corrected chi connectivity index (χ0v) is 7.96. The van der Waals surface area contributed by atoms with Crippen LogP contribution in [-0.4, -0.2) is 6.29 Å². The van der Waals surface area contributed by atoms with E-state index in [-0.39, 0.29) is 0 Å². The third-order valence-corrected chi connectivity index (χ3v) is 3.60. The van der Waals surface area contributed by atoms with E-state index in [0.29, 0.717) is 9.21 Å². The number of hydrogen-bond donors (Lipinski definition) is 0. The fourth-order valence-corrected chi connectivity index (χ4v) is 2.21. The van der Waals surface area contributed by atoms with Crippen LogP contribution >= 0.6 is 45.5 Å². The van der Waals surface area contributed by atoms with Gasteiger partial charge in [-0.1, -0.05) is 11.6 Å². The van der Waals surface area contributed by atoms with Gasteiger partial charge in [0.05, 0.1) is 4.88 Å². The second kappa shape index (κ2) is 2.98. The van der Waals surface area contributed by atoms with E-state index in [9.17, 15) is 4.79 Å². The van der Waals surface area contributed by atoms with Crippen molar-refractivity contribution in [2.45, 2.75) is 0 Å². The topological polar surface area (TPSA) is 17.1 Å². The van der Waals surface area contributed by atoms with Gasteiger partial charge >= 0.3 is 0 Å². The second-order valence-electron chi connectivity index (χ2n) is 1.39. The van der Waals surface area contributed by atoms with Gasteiger partial charge in [0.25, 0.3) is 0 Å². The van der Waals surface area contributed by atoms with Crippen LogP contribution in [0.4, 0.5) is 0 Å². The second-order valence-corrected chi connectivity index (χ2v) is 4.24. The average Bonchev–Trinajstić information content (AvgIpc) is 2.13. The molecule has 0 amide bonds. The number of thiophene rings is 1. The molecule has 0 bridgehead atoms. The fourth-order valence-electron chi connectivity index (χ4n) is 0.421. The number of rotatable bonds is 1. The molecular weight excluding hydrogens is 270 g/mol. The van der Waals surface area contributed by atoms with Crippen LogP contribution in [0.25, 0.3) is 0 Å². The first-order valence-corrected chi connectivity index (χ1v) is 4.41. The Labute approximate surface area is 75.2 Å². The minimum absolute atomic E-state index is 0.685. The Kier molecular flexibility index (Phi) is 2.49. The third-order valence-electron chi connectivity index (χ3n) is 0.780. The number of hydrogen-bond acceptors (Lipinski definition) is 2. The molecule has 0 aliphatic carbocycles. The monoisotopic (exact) mass is 272 g/mol. The fraction of sp³-hybridized carbons (Fsp3) is 0. The molecule has 1 aromatic heterocycles. The van der Waals surface area contributed by atoms with E-state index in [1.54, 1.807) is 6.07 Å². The quantitative estimate of drug-likeness (QED) is 0.567. The lowest BCUT2D eigenvalue weighted by Gasteiger charge is -1.74. The van der Waals surface area contributed by atoms with E-state index >= 15 is 0 Å². The Bertz CT molecular complexity index is 213. The van der Waals surface area contributed by atoms with Crippen LogP contribution in [0.15, 0.2) is 6.07 Å². The van der Waals surface area contributed by atoms with Gasteiger partial charge in [-0.05, 0) is 28.7 Å². The van der Waals surface area contributed by atoms with Crippen LogP contribution in [0.3, 0.4) is 0 Å². The lowest BCUT2D eigenvalue weighted by Crippen LogP contribution is -1.63. The van der Waals surface area contributed by atoms with Gasteiger partial charge in [0.1, 0.15) is 4.34 Å². The molecular formula is C5H2ClIOS. The van der Waals surface area contributed by atoms with E-state index in [1.165, 1.54) is 11.3 Å². The van der Waals surface area contributed by atoms with Crippen molar-refractivity contribution in [1.82, 2.24) is 0 Å². The lowest BCUT2D eigenvalue weighted by atomic mass is 10.5. The molecule has 1 aromatic rings. The molecule has 0 aromatic carbocycles. The van der Waals surface area contributed by atoms with Gasteiger partial charge in [0.2, 0.25) is 0 Å². The lowest BCUT2D eigenvalue weighted by molar-refractivity contribution is 0.112. The molecule has 1 rings (SSSR count). The summed E-state index contributed by atoms with van der Waals surface area (Å²) >= 11 is 9.05. The van der Waals surface area contributed by atoms with Gasteiger partial charge < -0.3 is 0 Å². The van der Waals surface area contributed by atoms with Crippen molar-refractivity contribution < 1.29 is 4.79 Å². The maximum atomic E-state index is 10.1. The van der Waals surface area contributed by atoms with E-state index in [2.05, 4.69) is 22.6 Å². The van der Waals surface area contributed by atoms with Crippen molar-refractivity contribution >= 4 is 51.8 Å². The Morgan fingerprint density at radius 3 is 2.67 bits per heavy atom. The normalized spacial score (nSPS) is 9.56. The summed E-state index contributed by atoms with van der Waals surface area (Å²) in [6.07, 6.45) is 0.804. The maximum absolute atomic E-state index is 10.1. The molecule has 0 atom stereocenters. The molecule has 0 spiro atoms. The minimum atomic E-state index is 0.685. The van der Waals surface area contributed by atoms with Crippen molar-refractivity contribution in [1.29, 1.82) is 0 Å². The van der Waals surface area contributed by atoms with Crippen LogP contribution in [0.1, 0.15) is 9.67 Å². The van der Waals surface area contributed by atoms with Gasteiger partial charge in [-0.3, -0.25) is 4.79 Å². The van der Waals surface area contributed by atoms with Crippen molar-refractivity contribution in [2.24, 2.45) is 0 Å². The number of halogens is 2. The molecule has 48 valence electrons. The standard InChI is InChI=1S/C5H2ClIOS/c6-5-4(7)1-3(2-8)9-5/h1-2H. The molecule has 1 nitrogen and oxygen atoms in total. The summed E-state index contributed by atoms with van der Waals surface area (Å²) < 4.78 is 1.64. The highest BCUT2D eigenvalue weighted by Gasteiger charge is 2.01. The van der Waals surface area contributed by atoms with Crippen LogP contribution in [0.5, 0.6) is 0 Å². The van der Waals surface area contributed by atoms with E-state index in [1.807, 2.05) is 0 Å². The van der Waals surface area contributed by atoms with Crippen molar-refractivity contribution in [3.05, 3.63) is 18.9 Å². The summed E-state index contributed by atoms with van der Waals surface area (Å²) in [4.78, 5) is 10.8. The molecule has 0 saturated heterocycles. The summed E-state index contributed by atoms with van der Waals surface area (Å²) in [5.74, 6) is 0. The Morgan fingerprint density at radius 1 is 1.78 bits per heavy atom. The molecule has 0 N–H and O–H groups in total. The maximum Gasteiger partial charge on any atom is 0.160 e. The first-order valence-electron chi connectivity index (χ1n) is 2.14. The summed E-state index contributed by atoms with van der Waals surface area (Å²) in [6, 6.07) is 1.76. The van der Waals surface area contributed by atoms with Gasteiger partial charge in [-0.25, -0.2) is 0 Å². The summed E-state index contributed by atoms with van der Waals surface area (Å²) in [5.41, 5.74) is 0. The van der Waals surface area contributed by atoms with Gasteiger partial charge in [0, 0.05) is 3.57 Å². The number of carbonyl (C=O) groups excluding carboxylic acids is 1. The highest BCUT2D eigenvalue weighted by molar-refractivity contribution is 14.1. The smallest absolute Gasteiger partial charge is 0.160 e. The van der Waals surface area contributed by atoms with Crippen LogP contribution in [0.2, 0.25) is 4.34 Å². The Hall–Kier alpha value is 0.390. The Balaban J connectivity index is 3.11. The first kappa shape index (κ1) is 7.50. The minimum Gasteiger partial charge on any atom is -0.297 e. The highest BCUT2D eigenvalue weighted by atomic mass is 127. The van der Waals surface area contributed by atoms with Gasteiger partial charge in [-0.2, -0.15) is 0 Å². The molecule has 1 heterocycles. The predicted octanol–water partition coefficient (Wildman–Crippen LogP) is 2.82. The van der Waals surface area contributed by atoms with Crippen molar-refractivity contribution in [2.75, 3.05) is 0 Å². The molecule has 0 fully saturated rings. The van der Waals surface area contributed by atoms with Crippen LogP contribution in [0, 0.1) is 3.57 Å². The SMILES string of the molecule is O=Cc1cc(I)c(Cl)s1. The van der Waals surface area contributed by atoms with E-state index < -0.39 is 0 Å². The summed E-state index contributed by atoms with van der Waals surface area (Å²) in [6.45, 7) is 0. The predicted molar refractivity (Wildman–Crippen MR) is 47.4 cm³/mol. The zero-order chi connectivity index (χ0) is 6.85. The van der Waals surface area contributed by atoms with Gasteiger partial charge in [-0.15, -0.1) is 11.3 Å². The molecule has 9 heavy (non-hydrogen) atoms. The molecule has 0 saturated carbocycles. The number of aldehydes is 1. The van der Waals surface area contributed by atoms with Crippen molar-refractivity contribution in [3.63, 3.8) is 0 Å². The zero-order valence-electron chi connectivity index (χ0n) is 4.23. The average molecular weight is 272 g/mol. The van der Waals surface area contributed by atoms with Crippen LogP contribution < -0.4 is 0 Å². The Morgan fingerprint density at radius 2 is 2.44 bits per heavy atom. The van der Waals surface area contributed by atoms with Crippen LogP contribution in [-0.2, 0) is 0 Å². The molecule has 0 unspecified atom stereocenters. The summed E-state index contributed by atoms with van der Waals surface area (Å²) in [7, 11) is 0. The first-order chi connectivity index (χ1) is 4.24. The van der Waals surface area contributed by atoms with E-state index in [4.69, 9.17) is 11.6 Å².